The van der Waals surface area contributed by atoms with Crippen LogP contribution in [0.1, 0.15) is 20.3 Å². The molecule has 0 aliphatic carbocycles. The highest BCUT2D eigenvalue weighted by molar-refractivity contribution is 7.89. The molecule has 2 amide bonds. The molecular formula is C26H35ClN4O8S. The van der Waals surface area contributed by atoms with Crippen molar-refractivity contribution >= 4 is 50.7 Å². The molecule has 0 spiro atoms. The standard InChI is InChI=1S/C25H33ClN4O6S.CH2O2/c1-16(31)13-27-14-21-15-29(9-10-36-21)24(32)17(2)30-8-7-23(25(30)33)28-37(34,35)22-6-4-18-11-20(26)5-3-19(18)12-22;2-1-3/h3-6,11-12,16-17,21,23,27-28,31H,7-10,13-15H2,1-2H3;1H,(H,2,3)/t16?,17-,21?,23-;/m0./s1. The minimum Gasteiger partial charge on any atom is -0.483 e. The molecule has 12 nitrogen and oxygen atoms in total. The third kappa shape index (κ3) is 8.12. The lowest BCUT2D eigenvalue weighted by atomic mass is 10.1. The smallest absolute Gasteiger partial charge is 0.290 e. The molecule has 2 fully saturated rings. The van der Waals surface area contributed by atoms with Gasteiger partial charge in [0, 0.05) is 37.7 Å². The SMILES string of the molecule is CC(O)CNCC1CN(C(=O)[C@H](C)N2CC[C@H](NS(=O)(=O)c3ccc4cc(Cl)ccc4c3)C2=O)CCO1.O=CO. The number of nitrogens with one attached hydrogen (secondary N) is 2. The van der Waals surface area contributed by atoms with E-state index in [1.165, 1.54) is 11.0 Å². The Hall–Kier alpha value is -2.81. The van der Waals surface area contributed by atoms with Gasteiger partial charge >= 0.3 is 0 Å². The van der Waals surface area contributed by atoms with Crippen LogP contribution in [0.4, 0.5) is 0 Å². The van der Waals surface area contributed by atoms with Gasteiger partial charge in [0.25, 0.3) is 6.47 Å². The van der Waals surface area contributed by atoms with Gasteiger partial charge in [-0.1, -0.05) is 23.7 Å². The lowest BCUT2D eigenvalue weighted by Crippen LogP contribution is -2.55. The number of rotatable bonds is 9. The van der Waals surface area contributed by atoms with Crippen molar-refractivity contribution < 1.29 is 37.8 Å². The summed E-state index contributed by atoms with van der Waals surface area (Å²) < 4.78 is 34.3. The van der Waals surface area contributed by atoms with Crippen molar-refractivity contribution in [2.24, 2.45) is 0 Å². The Bertz CT molecular complexity index is 1310. The fourth-order valence-electron chi connectivity index (χ4n) is 4.71. The fourth-order valence-corrected chi connectivity index (χ4v) is 6.15. The molecule has 2 saturated heterocycles. The summed E-state index contributed by atoms with van der Waals surface area (Å²) in [6.45, 7) is 5.48. The van der Waals surface area contributed by atoms with Gasteiger partial charge in [0.05, 0.1) is 23.7 Å². The van der Waals surface area contributed by atoms with Crippen molar-refractivity contribution in [1.29, 1.82) is 0 Å². The first-order valence-corrected chi connectivity index (χ1v) is 14.7. The second-order valence-electron chi connectivity index (χ2n) is 9.71. The average Bonchev–Trinajstić information content (AvgIpc) is 3.26. The number of nitrogens with zero attached hydrogens (tertiary/aromatic N) is 2. The summed E-state index contributed by atoms with van der Waals surface area (Å²) >= 11 is 6.01. The molecule has 2 unspecified atom stereocenters. The number of amides is 2. The normalized spacial score (nSPS) is 21.1. The van der Waals surface area contributed by atoms with Gasteiger partial charge in [-0.3, -0.25) is 14.4 Å². The molecule has 0 saturated carbocycles. The van der Waals surface area contributed by atoms with E-state index in [1.807, 2.05) is 0 Å². The molecule has 2 aliphatic rings. The summed E-state index contributed by atoms with van der Waals surface area (Å²) in [6, 6.07) is 8.21. The summed E-state index contributed by atoms with van der Waals surface area (Å²) in [5.41, 5.74) is 0. The van der Waals surface area contributed by atoms with Crippen molar-refractivity contribution in [3.63, 3.8) is 0 Å². The highest BCUT2D eigenvalue weighted by Gasteiger charge is 2.40. The summed E-state index contributed by atoms with van der Waals surface area (Å²) in [5, 5.41) is 21.5. The first-order chi connectivity index (χ1) is 19.0. The molecule has 4 rings (SSSR count). The van der Waals surface area contributed by atoms with E-state index in [1.54, 1.807) is 49.1 Å². The van der Waals surface area contributed by atoms with Crippen molar-refractivity contribution in [3.8, 4) is 0 Å². The number of likely N-dealkylation sites (tertiary alicyclic amines) is 1. The van der Waals surface area contributed by atoms with Crippen molar-refractivity contribution in [1.82, 2.24) is 19.8 Å². The number of halogens is 1. The average molecular weight is 599 g/mol. The number of aliphatic hydroxyl groups excluding tert-OH is 1. The Morgan fingerprint density at radius 3 is 2.58 bits per heavy atom. The molecule has 0 radical (unpaired) electrons. The Morgan fingerprint density at radius 2 is 1.88 bits per heavy atom. The lowest BCUT2D eigenvalue weighted by molar-refractivity contribution is -0.148. The van der Waals surface area contributed by atoms with E-state index in [0.29, 0.717) is 37.8 Å². The quantitative estimate of drug-likeness (QED) is 0.303. The van der Waals surface area contributed by atoms with E-state index >= 15 is 0 Å². The number of hydrogen-bond donors (Lipinski definition) is 4. The predicted molar refractivity (Wildman–Crippen MR) is 148 cm³/mol. The van der Waals surface area contributed by atoms with Gasteiger partial charge in [-0.15, -0.1) is 0 Å². The molecule has 14 heteroatoms. The maximum Gasteiger partial charge on any atom is 0.290 e. The molecule has 40 heavy (non-hydrogen) atoms. The van der Waals surface area contributed by atoms with Crippen LogP contribution >= 0.6 is 11.6 Å². The first-order valence-electron chi connectivity index (χ1n) is 12.9. The molecule has 220 valence electrons. The Balaban J connectivity index is 0.00000141. The number of aliphatic hydroxyl groups is 1. The molecule has 2 heterocycles. The number of carbonyl (C=O) groups is 3. The molecular weight excluding hydrogens is 564 g/mol. The second kappa shape index (κ2) is 14.2. The van der Waals surface area contributed by atoms with Crippen LogP contribution < -0.4 is 10.0 Å². The van der Waals surface area contributed by atoms with E-state index < -0.39 is 34.1 Å². The predicted octanol–water partition coefficient (Wildman–Crippen LogP) is 0.660. The monoisotopic (exact) mass is 598 g/mol. The Kier molecular flexibility index (Phi) is 11.3. The van der Waals surface area contributed by atoms with Gasteiger partial charge < -0.3 is 30.1 Å². The zero-order chi connectivity index (χ0) is 29.4. The summed E-state index contributed by atoms with van der Waals surface area (Å²) in [6.07, 6.45) is -0.419. The lowest BCUT2D eigenvalue weighted by Gasteiger charge is -2.36. The second-order valence-corrected chi connectivity index (χ2v) is 11.9. The summed E-state index contributed by atoms with van der Waals surface area (Å²) in [4.78, 5) is 37.8. The van der Waals surface area contributed by atoms with Gasteiger partial charge in [-0.2, -0.15) is 4.72 Å². The number of benzene rings is 2. The maximum atomic E-state index is 13.2. The minimum absolute atomic E-state index is 0.0567. The van der Waals surface area contributed by atoms with Gasteiger partial charge in [0.15, 0.2) is 0 Å². The Morgan fingerprint density at radius 1 is 1.20 bits per heavy atom. The third-order valence-electron chi connectivity index (χ3n) is 6.71. The van der Waals surface area contributed by atoms with Gasteiger partial charge in [0.2, 0.25) is 21.8 Å². The zero-order valence-electron chi connectivity index (χ0n) is 22.3. The largest absolute Gasteiger partial charge is 0.483 e. The van der Waals surface area contributed by atoms with Crippen molar-refractivity contribution in [3.05, 3.63) is 41.4 Å². The maximum absolute atomic E-state index is 13.2. The van der Waals surface area contributed by atoms with E-state index in [9.17, 15) is 23.1 Å². The van der Waals surface area contributed by atoms with Crippen LogP contribution in [0.5, 0.6) is 0 Å². The number of carbonyl (C=O) groups excluding carboxylic acids is 2. The van der Waals surface area contributed by atoms with Crippen molar-refractivity contribution in [2.45, 2.75) is 49.5 Å². The summed E-state index contributed by atoms with van der Waals surface area (Å²) in [5.74, 6) is -0.616. The molecule has 2 aliphatic heterocycles. The number of hydrogen-bond acceptors (Lipinski definition) is 8. The van der Waals surface area contributed by atoms with E-state index in [2.05, 4.69) is 10.0 Å². The van der Waals surface area contributed by atoms with Crippen LogP contribution in [0.15, 0.2) is 41.3 Å². The Labute approximate surface area is 238 Å². The number of ether oxygens (including phenoxy) is 1. The zero-order valence-corrected chi connectivity index (χ0v) is 23.9. The van der Waals surface area contributed by atoms with E-state index in [4.69, 9.17) is 26.2 Å². The van der Waals surface area contributed by atoms with Gasteiger partial charge in [0.1, 0.15) is 12.1 Å². The topological polar surface area (TPSA) is 166 Å². The van der Waals surface area contributed by atoms with Gasteiger partial charge in [-0.25, -0.2) is 8.42 Å². The van der Waals surface area contributed by atoms with Crippen LogP contribution in [-0.4, -0.2) is 110 Å². The molecule has 2 aromatic rings. The van der Waals surface area contributed by atoms with Crippen LogP contribution in [-0.2, 0) is 29.1 Å². The van der Waals surface area contributed by atoms with Gasteiger partial charge in [-0.05, 0) is 55.3 Å². The molecule has 4 atom stereocenters. The number of fused-ring (bicyclic) bond motifs is 1. The summed E-state index contributed by atoms with van der Waals surface area (Å²) in [7, 11) is -3.96. The molecule has 0 aromatic heterocycles. The number of morpholine rings is 1. The highest BCUT2D eigenvalue weighted by Crippen LogP contribution is 2.24. The van der Waals surface area contributed by atoms with E-state index in [0.717, 1.165) is 10.8 Å². The van der Waals surface area contributed by atoms with Crippen LogP contribution in [0.3, 0.4) is 0 Å². The van der Waals surface area contributed by atoms with Crippen LogP contribution in [0.2, 0.25) is 5.02 Å². The van der Waals surface area contributed by atoms with Crippen molar-refractivity contribution in [2.75, 3.05) is 39.3 Å². The molecule has 2 aromatic carbocycles. The minimum atomic E-state index is -3.96. The van der Waals surface area contributed by atoms with Crippen LogP contribution in [0.25, 0.3) is 10.8 Å². The number of sulfonamides is 1. The molecule has 0 bridgehead atoms. The first kappa shape index (κ1) is 31.7. The van der Waals surface area contributed by atoms with E-state index in [-0.39, 0.29) is 36.3 Å². The third-order valence-corrected chi connectivity index (χ3v) is 8.41. The van der Waals surface area contributed by atoms with Crippen LogP contribution in [0, 0.1) is 0 Å². The molecule has 4 N–H and O–H groups in total. The fraction of sp³-hybridized carbons (Fsp3) is 0.500. The number of carboxylic acid groups (broad SMARTS) is 1. The highest BCUT2D eigenvalue weighted by atomic mass is 35.5.